The molecule has 1 aliphatic rings. The maximum Gasteiger partial charge on any atom is 0.237 e. The number of carbonyl (C=O) groups excluding carboxylic acids is 1. The van der Waals surface area contributed by atoms with Crippen molar-refractivity contribution in [2.24, 2.45) is 0 Å². The quantitative estimate of drug-likeness (QED) is 0.558. The molecule has 5 N–H and O–H groups in total. The number of benzene rings is 2. The van der Waals surface area contributed by atoms with Crippen LogP contribution in [0.2, 0.25) is 0 Å². The number of rotatable bonds is 3. The summed E-state index contributed by atoms with van der Waals surface area (Å²) in [5.74, 6) is 0.00850. The number of anilines is 1. The highest BCUT2D eigenvalue weighted by Gasteiger charge is 2.26. The van der Waals surface area contributed by atoms with Gasteiger partial charge in [-0.2, -0.15) is 0 Å². The Balaban J connectivity index is 1.48. The number of hydrogen-bond acceptors (Lipinski definition) is 3. The standard InChI is InChI=1S/C19H20N4O/c20-15-7-3-1-5-12(15)10-22-19(24)17-9-14-13-6-2-4-8-16(13)23-18(14)11-21-17/h1-8,17,21,23H,9-11,20H2,(H,22,24). The minimum absolute atomic E-state index is 0.00850. The van der Waals surface area contributed by atoms with Gasteiger partial charge in [0.2, 0.25) is 5.91 Å². The Hall–Kier alpha value is -2.79. The fraction of sp³-hybridized carbons (Fsp3) is 0.211. The second-order valence-electron chi connectivity index (χ2n) is 6.18. The van der Waals surface area contributed by atoms with Gasteiger partial charge in [0.25, 0.3) is 0 Å². The number of hydrogen-bond donors (Lipinski definition) is 4. The van der Waals surface area contributed by atoms with Crippen molar-refractivity contribution < 1.29 is 4.79 Å². The third kappa shape index (κ3) is 2.63. The summed E-state index contributed by atoms with van der Waals surface area (Å²) < 4.78 is 0. The minimum atomic E-state index is -0.221. The molecule has 2 heterocycles. The van der Waals surface area contributed by atoms with Gasteiger partial charge < -0.3 is 16.0 Å². The second-order valence-corrected chi connectivity index (χ2v) is 6.18. The van der Waals surface area contributed by atoms with Crippen LogP contribution in [-0.4, -0.2) is 16.9 Å². The van der Waals surface area contributed by atoms with Crippen LogP contribution in [-0.2, 0) is 24.3 Å². The van der Waals surface area contributed by atoms with Gasteiger partial charge in [0.05, 0.1) is 6.04 Å². The Labute approximate surface area is 140 Å². The molecule has 4 rings (SSSR count). The van der Waals surface area contributed by atoms with E-state index in [-0.39, 0.29) is 11.9 Å². The molecule has 0 spiro atoms. The summed E-state index contributed by atoms with van der Waals surface area (Å²) in [6, 6.07) is 15.6. The van der Waals surface area contributed by atoms with Gasteiger partial charge >= 0.3 is 0 Å². The van der Waals surface area contributed by atoms with Gasteiger partial charge in [-0.1, -0.05) is 36.4 Å². The summed E-state index contributed by atoms with van der Waals surface area (Å²) >= 11 is 0. The zero-order valence-electron chi connectivity index (χ0n) is 13.3. The van der Waals surface area contributed by atoms with Crippen molar-refractivity contribution in [1.29, 1.82) is 0 Å². The lowest BCUT2D eigenvalue weighted by Crippen LogP contribution is -2.47. The van der Waals surface area contributed by atoms with E-state index in [0.29, 0.717) is 25.2 Å². The molecule has 0 fully saturated rings. The third-order valence-electron chi connectivity index (χ3n) is 4.66. The molecular formula is C19H20N4O. The van der Waals surface area contributed by atoms with Crippen molar-refractivity contribution in [3.63, 3.8) is 0 Å². The van der Waals surface area contributed by atoms with E-state index >= 15 is 0 Å². The van der Waals surface area contributed by atoms with Gasteiger partial charge in [-0.05, 0) is 29.7 Å². The van der Waals surface area contributed by atoms with E-state index in [1.165, 1.54) is 16.6 Å². The minimum Gasteiger partial charge on any atom is -0.398 e. The number of aromatic amines is 1. The average Bonchev–Trinajstić information content (AvgIpc) is 2.98. The van der Waals surface area contributed by atoms with Gasteiger partial charge in [-0.3, -0.25) is 10.1 Å². The first kappa shape index (κ1) is 14.8. The van der Waals surface area contributed by atoms with Crippen LogP contribution >= 0.6 is 0 Å². The Morgan fingerprint density at radius 3 is 2.83 bits per heavy atom. The molecule has 5 heteroatoms. The number of nitrogens with one attached hydrogen (secondary N) is 3. The van der Waals surface area contributed by atoms with Gasteiger partial charge in [-0.15, -0.1) is 0 Å². The average molecular weight is 320 g/mol. The molecule has 1 unspecified atom stereocenters. The predicted molar refractivity (Wildman–Crippen MR) is 95.3 cm³/mol. The van der Waals surface area contributed by atoms with Crippen molar-refractivity contribution in [3.8, 4) is 0 Å². The van der Waals surface area contributed by atoms with Gasteiger partial charge in [0.15, 0.2) is 0 Å². The van der Waals surface area contributed by atoms with Gasteiger partial charge in [-0.25, -0.2) is 0 Å². The molecule has 1 amide bonds. The lowest BCUT2D eigenvalue weighted by atomic mass is 9.98. The zero-order valence-corrected chi connectivity index (χ0v) is 13.3. The fourth-order valence-electron chi connectivity index (χ4n) is 3.33. The number of amides is 1. The van der Waals surface area contributed by atoms with Crippen LogP contribution in [0.3, 0.4) is 0 Å². The van der Waals surface area contributed by atoms with E-state index in [2.05, 4.69) is 27.8 Å². The molecule has 0 radical (unpaired) electrons. The maximum atomic E-state index is 12.5. The molecule has 0 saturated carbocycles. The van der Waals surface area contributed by atoms with E-state index in [1.807, 2.05) is 36.4 Å². The van der Waals surface area contributed by atoms with Crippen molar-refractivity contribution in [3.05, 3.63) is 65.4 Å². The van der Waals surface area contributed by atoms with Crippen LogP contribution in [0.1, 0.15) is 16.8 Å². The topological polar surface area (TPSA) is 82.9 Å². The van der Waals surface area contributed by atoms with Crippen molar-refractivity contribution in [2.75, 3.05) is 5.73 Å². The molecule has 1 atom stereocenters. The van der Waals surface area contributed by atoms with Crippen molar-refractivity contribution in [1.82, 2.24) is 15.6 Å². The monoisotopic (exact) mass is 320 g/mol. The number of nitrogens with two attached hydrogens (primary N) is 1. The summed E-state index contributed by atoms with van der Waals surface area (Å²) in [4.78, 5) is 16.0. The predicted octanol–water partition coefficient (Wildman–Crippen LogP) is 2.08. The van der Waals surface area contributed by atoms with Crippen LogP contribution in [0.5, 0.6) is 0 Å². The summed E-state index contributed by atoms with van der Waals surface area (Å²) in [6.07, 6.45) is 0.690. The van der Waals surface area contributed by atoms with Crippen molar-refractivity contribution in [2.45, 2.75) is 25.6 Å². The number of H-pyrrole nitrogens is 1. The van der Waals surface area contributed by atoms with Crippen LogP contribution in [0.15, 0.2) is 48.5 Å². The molecule has 1 aliphatic heterocycles. The van der Waals surface area contributed by atoms with Gasteiger partial charge in [0.1, 0.15) is 0 Å². The molecule has 122 valence electrons. The lowest BCUT2D eigenvalue weighted by Gasteiger charge is -2.23. The molecule has 3 aromatic rings. The molecule has 5 nitrogen and oxygen atoms in total. The number of aromatic nitrogens is 1. The Bertz CT molecular complexity index is 899. The van der Waals surface area contributed by atoms with E-state index in [0.717, 1.165) is 11.1 Å². The van der Waals surface area contributed by atoms with Crippen LogP contribution < -0.4 is 16.4 Å². The Kier molecular flexibility index (Phi) is 3.70. The highest BCUT2D eigenvalue weighted by molar-refractivity contribution is 5.88. The highest BCUT2D eigenvalue weighted by atomic mass is 16.2. The van der Waals surface area contributed by atoms with E-state index in [4.69, 9.17) is 5.73 Å². The van der Waals surface area contributed by atoms with Crippen LogP contribution in [0.25, 0.3) is 10.9 Å². The first-order chi connectivity index (χ1) is 11.7. The second kappa shape index (κ2) is 6.02. The molecular weight excluding hydrogens is 300 g/mol. The smallest absolute Gasteiger partial charge is 0.237 e. The maximum absolute atomic E-state index is 12.5. The lowest BCUT2D eigenvalue weighted by molar-refractivity contribution is -0.123. The molecule has 1 aromatic heterocycles. The SMILES string of the molecule is Nc1ccccc1CNC(=O)C1Cc2c([nH]c3ccccc23)CN1. The van der Waals surface area contributed by atoms with E-state index < -0.39 is 0 Å². The fourth-order valence-corrected chi connectivity index (χ4v) is 3.33. The molecule has 24 heavy (non-hydrogen) atoms. The summed E-state index contributed by atoms with van der Waals surface area (Å²) in [6.45, 7) is 1.13. The number of carbonyl (C=O) groups is 1. The zero-order chi connectivity index (χ0) is 16.5. The first-order valence-electron chi connectivity index (χ1n) is 8.15. The molecule has 0 bridgehead atoms. The highest BCUT2D eigenvalue weighted by Crippen LogP contribution is 2.26. The summed E-state index contributed by atoms with van der Waals surface area (Å²) in [7, 11) is 0. The third-order valence-corrected chi connectivity index (χ3v) is 4.66. The molecule has 0 saturated heterocycles. The largest absolute Gasteiger partial charge is 0.398 e. The van der Waals surface area contributed by atoms with Crippen LogP contribution in [0.4, 0.5) is 5.69 Å². The van der Waals surface area contributed by atoms with E-state index in [1.54, 1.807) is 0 Å². The number of fused-ring (bicyclic) bond motifs is 3. The summed E-state index contributed by atoms with van der Waals surface area (Å²) in [5.41, 5.74) is 11.1. The number of nitrogen functional groups attached to an aromatic ring is 1. The van der Waals surface area contributed by atoms with Gasteiger partial charge in [0, 0.05) is 35.4 Å². The van der Waals surface area contributed by atoms with Crippen molar-refractivity contribution >= 4 is 22.5 Å². The molecule has 0 aliphatic carbocycles. The molecule has 2 aromatic carbocycles. The van der Waals surface area contributed by atoms with E-state index in [9.17, 15) is 4.79 Å². The summed E-state index contributed by atoms with van der Waals surface area (Å²) in [5, 5.41) is 7.51. The first-order valence-corrected chi connectivity index (χ1v) is 8.15. The number of para-hydroxylation sites is 2. The van der Waals surface area contributed by atoms with Crippen LogP contribution in [0, 0.1) is 0 Å². The normalized spacial score (nSPS) is 16.8. The Morgan fingerprint density at radius 2 is 1.96 bits per heavy atom. The Morgan fingerprint density at radius 1 is 1.17 bits per heavy atom.